The van der Waals surface area contributed by atoms with Crippen LogP contribution in [0.2, 0.25) is 5.02 Å². The molecule has 0 saturated heterocycles. The first-order valence-corrected chi connectivity index (χ1v) is 14.7. The van der Waals surface area contributed by atoms with Crippen LogP contribution in [0.25, 0.3) is 0 Å². The molecule has 39 heavy (non-hydrogen) atoms. The molecule has 3 aromatic carbocycles. The zero-order valence-corrected chi connectivity index (χ0v) is 24.1. The van der Waals surface area contributed by atoms with Gasteiger partial charge in [0.2, 0.25) is 21.8 Å². The Bertz CT molecular complexity index is 1400. The van der Waals surface area contributed by atoms with Crippen molar-refractivity contribution in [1.82, 2.24) is 10.2 Å². The molecule has 0 aromatic heterocycles. The van der Waals surface area contributed by atoms with Gasteiger partial charge in [0.25, 0.3) is 0 Å². The van der Waals surface area contributed by atoms with Crippen molar-refractivity contribution in [3.63, 3.8) is 0 Å². The Morgan fingerprint density at radius 3 is 2.31 bits per heavy atom. The second kappa shape index (κ2) is 13.5. The summed E-state index contributed by atoms with van der Waals surface area (Å²) in [6, 6.07) is 20.6. The third-order valence-corrected chi connectivity index (χ3v) is 7.67. The van der Waals surface area contributed by atoms with Gasteiger partial charge in [-0.25, -0.2) is 8.42 Å². The third kappa shape index (κ3) is 7.97. The molecular weight excluding hydrogens is 538 g/mol. The third-order valence-electron chi connectivity index (χ3n) is 6.31. The van der Waals surface area contributed by atoms with Crippen LogP contribution < -0.4 is 14.4 Å². The highest BCUT2D eigenvalue weighted by Crippen LogP contribution is 2.33. The van der Waals surface area contributed by atoms with Crippen molar-refractivity contribution >= 4 is 39.1 Å². The summed E-state index contributed by atoms with van der Waals surface area (Å²) in [6.07, 6.45) is 1.27. The number of sulfonamides is 1. The number of halogens is 1. The number of carbonyl (C=O) groups is 2. The van der Waals surface area contributed by atoms with Crippen molar-refractivity contribution in [1.29, 1.82) is 0 Å². The highest BCUT2D eigenvalue weighted by atomic mass is 35.5. The molecule has 0 aliphatic carbocycles. The molecule has 0 spiro atoms. The Hall–Kier alpha value is -3.56. The predicted molar refractivity (Wildman–Crippen MR) is 155 cm³/mol. The van der Waals surface area contributed by atoms with Gasteiger partial charge in [-0.2, -0.15) is 0 Å². The van der Waals surface area contributed by atoms with Crippen LogP contribution in [0, 0.1) is 6.92 Å². The first kappa shape index (κ1) is 30.0. The van der Waals surface area contributed by atoms with Crippen LogP contribution in [0.5, 0.6) is 5.75 Å². The molecule has 10 heteroatoms. The van der Waals surface area contributed by atoms with Crippen LogP contribution in [-0.4, -0.2) is 57.6 Å². The molecule has 0 unspecified atom stereocenters. The maximum Gasteiger partial charge on any atom is 0.244 e. The smallest absolute Gasteiger partial charge is 0.244 e. The van der Waals surface area contributed by atoms with E-state index in [9.17, 15) is 18.0 Å². The molecule has 3 aromatic rings. The lowest BCUT2D eigenvalue weighted by molar-refractivity contribution is -0.140. The Labute approximate surface area is 235 Å². The van der Waals surface area contributed by atoms with Crippen molar-refractivity contribution in [2.75, 3.05) is 30.8 Å². The topological polar surface area (TPSA) is 96.0 Å². The van der Waals surface area contributed by atoms with Gasteiger partial charge in [0, 0.05) is 24.5 Å². The number of amides is 2. The van der Waals surface area contributed by atoms with E-state index in [1.807, 2.05) is 68.4 Å². The van der Waals surface area contributed by atoms with E-state index in [1.165, 1.54) is 18.1 Å². The van der Waals surface area contributed by atoms with Crippen LogP contribution >= 0.6 is 11.6 Å². The number of rotatable bonds is 12. The number of benzene rings is 3. The van der Waals surface area contributed by atoms with Crippen LogP contribution in [0.3, 0.4) is 0 Å². The highest BCUT2D eigenvalue weighted by molar-refractivity contribution is 7.92. The van der Waals surface area contributed by atoms with Gasteiger partial charge < -0.3 is 15.0 Å². The molecule has 0 saturated carbocycles. The summed E-state index contributed by atoms with van der Waals surface area (Å²) in [5.41, 5.74) is 2.79. The first-order valence-electron chi connectivity index (χ1n) is 12.5. The Morgan fingerprint density at radius 2 is 1.69 bits per heavy atom. The van der Waals surface area contributed by atoms with Gasteiger partial charge in [0.05, 0.1) is 19.1 Å². The fourth-order valence-electron chi connectivity index (χ4n) is 4.27. The van der Waals surface area contributed by atoms with Crippen molar-refractivity contribution in [3.05, 3.63) is 94.5 Å². The lowest BCUT2D eigenvalue weighted by Gasteiger charge is -2.34. The number of methoxy groups -OCH3 is 1. The SMILES string of the molecule is CCNC(=O)[C@H](Cc1ccccc1)N(Cc1ccccc1C)C(=O)CN(c1cc(Cl)ccc1OC)S(C)(=O)=O. The molecule has 2 amide bonds. The average Bonchev–Trinajstić information content (AvgIpc) is 2.90. The second-order valence-electron chi connectivity index (χ2n) is 9.13. The molecule has 3 rings (SSSR count). The Morgan fingerprint density at radius 1 is 1.03 bits per heavy atom. The van der Waals surface area contributed by atoms with E-state index in [-0.39, 0.29) is 35.3 Å². The lowest BCUT2D eigenvalue weighted by atomic mass is 10.0. The summed E-state index contributed by atoms with van der Waals surface area (Å²) in [7, 11) is -2.54. The number of ether oxygens (including phenoxy) is 1. The predicted octanol–water partition coefficient (Wildman–Crippen LogP) is 4.20. The number of likely N-dealkylation sites (N-methyl/N-ethyl adjacent to an activating group) is 1. The number of carbonyl (C=O) groups excluding carboxylic acids is 2. The number of anilines is 1. The summed E-state index contributed by atoms with van der Waals surface area (Å²) < 4.78 is 32.2. The van der Waals surface area contributed by atoms with Crippen molar-refractivity contribution < 1.29 is 22.7 Å². The summed E-state index contributed by atoms with van der Waals surface area (Å²) in [5.74, 6) is -0.625. The Kier molecular flexibility index (Phi) is 10.4. The van der Waals surface area contributed by atoms with E-state index in [4.69, 9.17) is 16.3 Å². The number of hydrogen-bond acceptors (Lipinski definition) is 5. The minimum Gasteiger partial charge on any atom is -0.495 e. The fourth-order valence-corrected chi connectivity index (χ4v) is 5.28. The van der Waals surface area contributed by atoms with E-state index in [0.717, 1.165) is 27.3 Å². The monoisotopic (exact) mass is 571 g/mol. The van der Waals surface area contributed by atoms with E-state index in [2.05, 4.69) is 5.32 Å². The number of nitrogens with one attached hydrogen (secondary N) is 1. The van der Waals surface area contributed by atoms with Crippen molar-refractivity contribution in [3.8, 4) is 5.75 Å². The maximum atomic E-state index is 14.1. The van der Waals surface area contributed by atoms with Crippen LogP contribution in [-0.2, 0) is 32.6 Å². The van der Waals surface area contributed by atoms with Gasteiger partial charge in [-0.15, -0.1) is 0 Å². The fraction of sp³-hybridized carbons (Fsp3) is 0.310. The van der Waals surface area contributed by atoms with E-state index in [1.54, 1.807) is 12.1 Å². The van der Waals surface area contributed by atoms with Crippen LogP contribution in [0.15, 0.2) is 72.8 Å². The minimum absolute atomic E-state index is 0.115. The number of aryl methyl sites for hydroxylation is 1. The molecule has 0 aliphatic heterocycles. The molecule has 0 heterocycles. The summed E-state index contributed by atoms with van der Waals surface area (Å²) in [6.45, 7) is 3.68. The standard InChI is InChI=1S/C29H34ClN3O5S/c1-5-31-29(35)26(17-22-12-7-6-8-13-22)32(19-23-14-10-9-11-21(23)2)28(34)20-33(39(4,36)37)25-18-24(30)15-16-27(25)38-3/h6-16,18,26H,5,17,19-20H2,1-4H3,(H,31,35)/t26-/m0/s1. The molecule has 0 aliphatic rings. The molecule has 1 atom stereocenters. The second-order valence-corrected chi connectivity index (χ2v) is 11.5. The minimum atomic E-state index is -3.95. The lowest BCUT2D eigenvalue weighted by Crippen LogP contribution is -2.53. The summed E-state index contributed by atoms with van der Waals surface area (Å²) in [5, 5.41) is 3.13. The summed E-state index contributed by atoms with van der Waals surface area (Å²) >= 11 is 6.18. The van der Waals surface area contributed by atoms with E-state index < -0.39 is 28.5 Å². The van der Waals surface area contributed by atoms with Gasteiger partial charge in [-0.05, 0) is 48.7 Å². The number of hydrogen-bond donors (Lipinski definition) is 1. The molecule has 208 valence electrons. The van der Waals surface area contributed by atoms with Crippen LogP contribution in [0.4, 0.5) is 5.69 Å². The van der Waals surface area contributed by atoms with Gasteiger partial charge in [-0.3, -0.25) is 13.9 Å². The Balaban J connectivity index is 2.09. The van der Waals surface area contributed by atoms with Crippen molar-refractivity contribution in [2.45, 2.75) is 32.9 Å². The summed E-state index contributed by atoms with van der Waals surface area (Å²) in [4.78, 5) is 28.9. The van der Waals surface area contributed by atoms with Gasteiger partial charge >= 0.3 is 0 Å². The molecule has 1 N–H and O–H groups in total. The molecule has 8 nitrogen and oxygen atoms in total. The first-order chi connectivity index (χ1) is 18.5. The quantitative estimate of drug-likeness (QED) is 0.351. The maximum absolute atomic E-state index is 14.1. The van der Waals surface area contributed by atoms with E-state index in [0.29, 0.717) is 6.54 Å². The zero-order chi connectivity index (χ0) is 28.6. The number of nitrogens with zero attached hydrogens (tertiary/aromatic N) is 2. The normalized spacial score (nSPS) is 11.9. The molecule has 0 radical (unpaired) electrons. The van der Waals surface area contributed by atoms with Crippen molar-refractivity contribution in [2.24, 2.45) is 0 Å². The molecular formula is C29H34ClN3O5S. The highest BCUT2D eigenvalue weighted by Gasteiger charge is 2.33. The van der Waals surface area contributed by atoms with Crippen LogP contribution in [0.1, 0.15) is 23.6 Å². The largest absolute Gasteiger partial charge is 0.495 e. The van der Waals surface area contributed by atoms with Gasteiger partial charge in [0.15, 0.2) is 0 Å². The van der Waals surface area contributed by atoms with Gasteiger partial charge in [-0.1, -0.05) is 66.2 Å². The average molecular weight is 572 g/mol. The molecule has 0 bridgehead atoms. The van der Waals surface area contributed by atoms with Gasteiger partial charge in [0.1, 0.15) is 18.3 Å². The zero-order valence-electron chi connectivity index (χ0n) is 22.6. The van der Waals surface area contributed by atoms with E-state index >= 15 is 0 Å². The molecule has 0 fully saturated rings.